The highest BCUT2D eigenvalue weighted by Crippen LogP contribution is 2.53. The van der Waals surface area contributed by atoms with Gasteiger partial charge < -0.3 is 49.2 Å². The lowest BCUT2D eigenvalue weighted by atomic mass is 10.1. The van der Waals surface area contributed by atoms with Crippen molar-refractivity contribution >= 4 is 49.9 Å². The number of H-pyrrole nitrogens is 2. The molecule has 3 fully saturated rings. The molecule has 4 aromatic rings. The number of fused-ring (bicyclic) bond motifs is 4. The summed E-state index contributed by atoms with van der Waals surface area (Å²) in [5.74, 6) is -0.465. The van der Waals surface area contributed by atoms with Gasteiger partial charge in [0.1, 0.15) is 36.6 Å². The molecule has 0 aliphatic carbocycles. The quantitative estimate of drug-likeness (QED) is 0.138. The zero-order valence-electron chi connectivity index (χ0n) is 24.7. The molecule has 0 spiro atoms. The van der Waals surface area contributed by atoms with Gasteiger partial charge in [0.15, 0.2) is 34.8 Å². The van der Waals surface area contributed by atoms with E-state index in [1.165, 1.54) is 36.0 Å². The number of nitrogens with one attached hydrogen (secondary N) is 2. The van der Waals surface area contributed by atoms with Crippen molar-refractivity contribution < 1.29 is 56.0 Å². The predicted molar refractivity (Wildman–Crippen MR) is 154 cm³/mol. The number of nitrogens with two attached hydrogens (primary N) is 2. The smallest absolute Gasteiger partial charge is 0.472 e. The molecule has 3 saturated heterocycles. The van der Waals surface area contributed by atoms with Crippen LogP contribution in [0.2, 0.25) is 0 Å². The summed E-state index contributed by atoms with van der Waals surface area (Å²) in [6, 6.07) is 0. The molecule has 7 rings (SSSR count). The number of nitrogens with zero attached hydrogens (tertiary/aromatic N) is 6. The van der Waals surface area contributed by atoms with Crippen molar-refractivity contribution in [3.63, 3.8) is 0 Å². The fourth-order valence-corrected chi connectivity index (χ4v) is 7.75. The Morgan fingerprint density at radius 2 is 1.31 bits per heavy atom. The van der Waals surface area contributed by atoms with E-state index in [9.17, 15) is 28.5 Å². The lowest BCUT2D eigenvalue weighted by Gasteiger charge is -2.33. The van der Waals surface area contributed by atoms with Crippen molar-refractivity contribution in [2.75, 3.05) is 38.9 Å². The highest BCUT2D eigenvalue weighted by atomic mass is 31.2. The second kappa shape index (κ2) is 12.0. The van der Waals surface area contributed by atoms with Crippen molar-refractivity contribution in [2.45, 2.75) is 49.1 Å². The molecule has 0 radical (unpaired) electrons. The molecule has 0 bridgehead atoms. The summed E-state index contributed by atoms with van der Waals surface area (Å²) in [7, 11) is -7.80. The first-order valence-electron chi connectivity index (χ1n) is 13.9. The van der Waals surface area contributed by atoms with Gasteiger partial charge in [-0.1, -0.05) is 0 Å². The van der Waals surface area contributed by atoms with E-state index in [-0.39, 0.29) is 34.2 Å². The summed E-state index contributed by atoms with van der Waals surface area (Å²) in [6.07, 6.45) is -8.47. The molecule has 3 aliphatic rings. The summed E-state index contributed by atoms with van der Waals surface area (Å²) < 4.78 is 73.5. The molecular weight excluding hydrogens is 690 g/mol. The summed E-state index contributed by atoms with van der Waals surface area (Å²) in [5, 5.41) is 0. The zero-order valence-corrected chi connectivity index (χ0v) is 26.5. The third-order valence-electron chi connectivity index (χ3n) is 7.87. The molecule has 7 N–H and O–H groups in total. The molecule has 2 unspecified atom stereocenters. The highest BCUT2D eigenvalue weighted by molar-refractivity contribution is 7.47. The number of ether oxygens (including phenoxy) is 4. The van der Waals surface area contributed by atoms with E-state index in [2.05, 4.69) is 29.9 Å². The number of nitrogen functional groups attached to an aromatic ring is 2. The Balaban J connectivity index is 1.20. The highest BCUT2D eigenvalue weighted by Gasteiger charge is 2.54. The van der Waals surface area contributed by atoms with E-state index in [1.54, 1.807) is 0 Å². The summed E-state index contributed by atoms with van der Waals surface area (Å²) in [5.41, 5.74) is 9.84. The second-order valence-electron chi connectivity index (χ2n) is 10.7. The largest absolute Gasteiger partial charge is 0.756 e. The molecule has 260 valence electrons. The summed E-state index contributed by atoms with van der Waals surface area (Å²) >= 11 is 0. The second-order valence-corrected chi connectivity index (χ2v) is 13.5. The zero-order chi connectivity index (χ0) is 34.1. The first-order valence-corrected chi connectivity index (χ1v) is 16.9. The van der Waals surface area contributed by atoms with Gasteiger partial charge in [0.2, 0.25) is 11.9 Å². The van der Waals surface area contributed by atoms with Crippen LogP contribution in [0.25, 0.3) is 22.3 Å². The van der Waals surface area contributed by atoms with Crippen LogP contribution in [0.3, 0.4) is 0 Å². The van der Waals surface area contributed by atoms with Crippen molar-refractivity contribution in [1.82, 2.24) is 39.0 Å². The van der Waals surface area contributed by atoms with Crippen LogP contribution in [0.5, 0.6) is 0 Å². The van der Waals surface area contributed by atoms with Crippen LogP contribution in [0.15, 0.2) is 22.2 Å². The van der Waals surface area contributed by atoms with Gasteiger partial charge >= 0.3 is 7.82 Å². The molecule has 0 amide bonds. The van der Waals surface area contributed by atoms with Gasteiger partial charge in [-0.25, -0.2) is 14.5 Å². The minimum atomic E-state index is -5.25. The van der Waals surface area contributed by atoms with Crippen LogP contribution < -0.4 is 27.5 Å². The molecule has 0 saturated carbocycles. The average molecular weight is 717 g/mol. The van der Waals surface area contributed by atoms with E-state index < -0.39 is 89.1 Å². The Morgan fingerprint density at radius 3 is 1.79 bits per heavy atom. The maximum atomic E-state index is 13.3. The van der Waals surface area contributed by atoms with E-state index in [1.807, 2.05) is 0 Å². The summed E-state index contributed by atoms with van der Waals surface area (Å²) in [4.78, 5) is 69.6. The molecule has 10 atom stereocenters. The molecule has 24 nitrogen and oxygen atoms in total. The third kappa shape index (κ3) is 5.74. The number of phosphoric ester groups is 2. The first kappa shape index (κ1) is 32.9. The fourth-order valence-electron chi connectivity index (χ4n) is 5.84. The van der Waals surface area contributed by atoms with Crippen LogP contribution in [-0.4, -0.2) is 108 Å². The van der Waals surface area contributed by atoms with Crippen molar-refractivity contribution in [3.05, 3.63) is 33.4 Å². The molecule has 7 heterocycles. The topological polar surface area (TPSA) is 330 Å². The number of imidazole rings is 2. The van der Waals surface area contributed by atoms with E-state index >= 15 is 0 Å². The average Bonchev–Trinajstić information content (AvgIpc) is 3.77. The van der Waals surface area contributed by atoms with Crippen LogP contribution in [0.1, 0.15) is 12.5 Å². The number of hydrogen-bond acceptors (Lipinski definition) is 19. The molecule has 4 aromatic heterocycles. The number of rotatable bonds is 4. The van der Waals surface area contributed by atoms with Gasteiger partial charge in [0, 0.05) is 14.2 Å². The van der Waals surface area contributed by atoms with Crippen molar-refractivity contribution in [1.29, 1.82) is 0 Å². The van der Waals surface area contributed by atoms with E-state index in [0.29, 0.717) is 0 Å². The number of phosphoric acid groups is 2. The number of aromatic nitrogens is 8. The fraction of sp³-hybridized carbons (Fsp3) is 0.545. The van der Waals surface area contributed by atoms with Gasteiger partial charge in [-0.3, -0.25) is 42.3 Å². The minimum absolute atomic E-state index is 0.0268. The standard InChI is InChI=1S/C22H28N10O14P2/c1-39-13-11-7(43-19(13)31-5-25-9-15(31)27-21(23)29-17(9)33)3-41-48(37,38)46-12-8(4-42-47(35,36)45-11)44-20(14(12)40-2)32-6-26-10-16(32)28-22(24)30-18(10)34/h5-8,11-14,19-20H,3-4H2,1-2H3,(H,35,36)(H,37,38)(H3,23,27,29,33)(H3,24,28,30,34)/p-1/t7-,8-,11-,12-,13-,14-,19-,20-/m1/s1. The van der Waals surface area contributed by atoms with Crippen LogP contribution >= 0.6 is 15.6 Å². The Morgan fingerprint density at radius 1 is 0.854 bits per heavy atom. The van der Waals surface area contributed by atoms with Gasteiger partial charge in [-0.05, 0) is 0 Å². The molecule has 0 aromatic carbocycles. The monoisotopic (exact) mass is 717 g/mol. The van der Waals surface area contributed by atoms with Gasteiger partial charge in [0.05, 0.1) is 25.9 Å². The number of anilines is 2. The van der Waals surface area contributed by atoms with Crippen molar-refractivity contribution in [3.8, 4) is 0 Å². The maximum Gasteiger partial charge on any atom is 0.472 e. The molecule has 48 heavy (non-hydrogen) atoms. The Hall–Kier alpha value is -3.64. The molecule has 3 aliphatic heterocycles. The number of hydrogen-bond donors (Lipinski definition) is 5. The Kier molecular flexibility index (Phi) is 8.25. The minimum Gasteiger partial charge on any atom is -0.756 e. The number of methoxy groups -OCH3 is 2. The predicted octanol–water partition coefficient (Wildman–Crippen LogP) is -2.37. The van der Waals surface area contributed by atoms with Crippen LogP contribution in [0, 0.1) is 0 Å². The molecule has 26 heteroatoms. The Labute approximate surface area is 266 Å². The lowest BCUT2D eigenvalue weighted by molar-refractivity contribution is -0.237. The lowest BCUT2D eigenvalue weighted by Crippen LogP contribution is -2.41. The third-order valence-corrected chi connectivity index (χ3v) is 9.82. The van der Waals surface area contributed by atoms with Gasteiger partial charge in [-0.15, -0.1) is 0 Å². The molecular formula is C22H27N10O14P2-. The van der Waals surface area contributed by atoms with E-state index in [4.69, 9.17) is 48.5 Å². The van der Waals surface area contributed by atoms with Gasteiger partial charge in [-0.2, -0.15) is 9.97 Å². The maximum absolute atomic E-state index is 13.3. The normalized spacial score (nSPS) is 36.1. The van der Waals surface area contributed by atoms with Crippen LogP contribution in [0.4, 0.5) is 11.9 Å². The van der Waals surface area contributed by atoms with Crippen molar-refractivity contribution in [2.24, 2.45) is 0 Å². The summed E-state index contributed by atoms with van der Waals surface area (Å²) in [6.45, 7) is -1.57. The Bertz CT molecular complexity index is 1940. The van der Waals surface area contributed by atoms with Crippen LogP contribution in [-0.2, 0) is 46.2 Å². The SMILES string of the molecule is CO[C@@H]1[C@@H]2OP(=O)([O-])OC[C@H]3O[C@@H](n4cnc5c(=O)[nH]c(N)nc54)[C@H](OC)[C@@H]3OP(=O)(O)OC[C@H]2O[C@H]1n1cnc2c(=O)[nH]c(N)nc21. The number of aromatic amines is 2. The first-order chi connectivity index (χ1) is 22.8. The van der Waals surface area contributed by atoms with Gasteiger partial charge in [0.25, 0.3) is 18.9 Å². The van der Waals surface area contributed by atoms with E-state index in [0.717, 1.165) is 0 Å².